The van der Waals surface area contributed by atoms with Crippen LogP contribution >= 0.6 is 50.5 Å². The molecule has 0 saturated carbocycles. The number of nitrogens with zero attached hydrogens (tertiary/aromatic N) is 1. The lowest BCUT2D eigenvalue weighted by Crippen LogP contribution is -2.42. The highest BCUT2D eigenvalue weighted by Crippen LogP contribution is 2.44. The molecule has 1 aliphatic rings. The van der Waals surface area contributed by atoms with Gasteiger partial charge in [-0.3, -0.25) is 4.79 Å². The number of carbonyl (C=O) groups excluding carboxylic acids is 1. The lowest BCUT2D eigenvalue weighted by Gasteiger charge is -2.30. The predicted octanol–water partition coefficient (Wildman–Crippen LogP) is 3.78. The van der Waals surface area contributed by atoms with Crippen LogP contribution in [-0.4, -0.2) is 38.4 Å². The largest absolute Gasteiger partial charge is 0.466 e. The van der Waals surface area contributed by atoms with Gasteiger partial charge in [-0.15, -0.1) is 11.3 Å². The van der Waals surface area contributed by atoms with Crippen molar-refractivity contribution in [3.8, 4) is 0 Å². The van der Waals surface area contributed by atoms with E-state index < -0.39 is 15.9 Å². The Morgan fingerprint density at radius 1 is 1.45 bits per heavy atom. The lowest BCUT2D eigenvalue weighted by atomic mass is 10.0. The Labute approximate surface area is 151 Å². The van der Waals surface area contributed by atoms with Crippen molar-refractivity contribution in [2.45, 2.75) is 24.7 Å². The Morgan fingerprint density at radius 3 is 2.68 bits per heavy atom. The molecule has 0 aromatic carbocycles. The topological polar surface area (TPSA) is 63.7 Å². The van der Waals surface area contributed by atoms with Crippen LogP contribution in [0, 0.1) is 5.92 Å². The standard InChI is InChI=1S/C12H14BrCl2NO4S2/c1-2-20-12(17)7-4-3-5-16(6-7)22(18,19)9-8(13)10(14)21-11(9)15/h7H,2-6H2,1H3. The van der Waals surface area contributed by atoms with Crippen LogP contribution in [-0.2, 0) is 19.6 Å². The predicted molar refractivity (Wildman–Crippen MR) is 90.2 cm³/mol. The summed E-state index contributed by atoms with van der Waals surface area (Å²) in [5.41, 5.74) is 0. The van der Waals surface area contributed by atoms with Gasteiger partial charge in [-0.05, 0) is 35.7 Å². The molecule has 5 nitrogen and oxygen atoms in total. The summed E-state index contributed by atoms with van der Waals surface area (Å²) >= 11 is 16.1. The normalized spacial score (nSPS) is 20.1. The molecule has 0 N–H and O–H groups in total. The zero-order valence-corrected chi connectivity index (χ0v) is 16.4. The Hall–Kier alpha value is 0.140. The molecule has 1 fully saturated rings. The summed E-state index contributed by atoms with van der Waals surface area (Å²) in [5, 5.41) is 0. The van der Waals surface area contributed by atoms with Gasteiger partial charge in [0.05, 0.1) is 17.0 Å². The van der Waals surface area contributed by atoms with Gasteiger partial charge in [-0.25, -0.2) is 8.42 Å². The van der Waals surface area contributed by atoms with Crippen LogP contribution in [0.4, 0.5) is 0 Å². The van der Waals surface area contributed by atoms with E-state index >= 15 is 0 Å². The molecule has 0 radical (unpaired) electrons. The number of sulfonamides is 1. The van der Waals surface area contributed by atoms with Gasteiger partial charge in [0.1, 0.15) is 13.6 Å². The summed E-state index contributed by atoms with van der Waals surface area (Å²) in [4.78, 5) is 11.8. The first-order valence-corrected chi connectivity index (χ1v) is 10.4. The Kier molecular flexibility index (Phi) is 6.18. The van der Waals surface area contributed by atoms with Crippen LogP contribution in [0.15, 0.2) is 9.37 Å². The van der Waals surface area contributed by atoms with Crippen LogP contribution in [0.25, 0.3) is 0 Å². The molecule has 2 heterocycles. The van der Waals surface area contributed by atoms with Gasteiger partial charge in [-0.2, -0.15) is 4.31 Å². The second kappa shape index (κ2) is 7.36. The highest BCUT2D eigenvalue weighted by Gasteiger charge is 2.37. The molecule has 1 aliphatic heterocycles. The maximum atomic E-state index is 12.8. The molecule has 0 amide bonds. The molecule has 1 aromatic heterocycles. The molecular formula is C12H14BrCl2NO4S2. The smallest absolute Gasteiger partial charge is 0.310 e. The zero-order chi connectivity index (χ0) is 16.5. The van der Waals surface area contributed by atoms with E-state index in [9.17, 15) is 13.2 Å². The molecule has 0 aliphatic carbocycles. The molecule has 2 rings (SSSR count). The van der Waals surface area contributed by atoms with E-state index in [1.807, 2.05) is 0 Å². The van der Waals surface area contributed by atoms with Crippen LogP contribution in [0.5, 0.6) is 0 Å². The number of carbonyl (C=O) groups is 1. The highest BCUT2D eigenvalue weighted by atomic mass is 79.9. The molecular weight excluding hydrogens is 437 g/mol. The van der Waals surface area contributed by atoms with Crippen molar-refractivity contribution >= 4 is 66.5 Å². The van der Waals surface area contributed by atoms with E-state index in [0.29, 0.717) is 19.4 Å². The lowest BCUT2D eigenvalue weighted by molar-refractivity contribution is -0.149. The quantitative estimate of drug-likeness (QED) is 0.654. The molecule has 22 heavy (non-hydrogen) atoms. The molecule has 1 saturated heterocycles. The molecule has 1 aromatic rings. The van der Waals surface area contributed by atoms with Gasteiger partial charge in [0.15, 0.2) is 0 Å². The van der Waals surface area contributed by atoms with Crippen molar-refractivity contribution in [1.82, 2.24) is 4.31 Å². The second-order valence-corrected chi connectivity index (χ2v) is 9.64. The average Bonchev–Trinajstić information content (AvgIpc) is 2.73. The van der Waals surface area contributed by atoms with E-state index in [4.69, 9.17) is 27.9 Å². The van der Waals surface area contributed by atoms with Gasteiger partial charge < -0.3 is 4.74 Å². The number of piperidine rings is 1. The van der Waals surface area contributed by atoms with Gasteiger partial charge >= 0.3 is 5.97 Å². The highest BCUT2D eigenvalue weighted by molar-refractivity contribution is 9.10. The van der Waals surface area contributed by atoms with E-state index in [2.05, 4.69) is 15.9 Å². The molecule has 124 valence electrons. The summed E-state index contributed by atoms with van der Waals surface area (Å²) in [6.45, 7) is 2.44. The first-order chi connectivity index (χ1) is 10.3. The number of halogens is 3. The summed E-state index contributed by atoms with van der Waals surface area (Å²) in [7, 11) is -3.81. The maximum absolute atomic E-state index is 12.8. The minimum Gasteiger partial charge on any atom is -0.466 e. The fraction of sp³-hybridized carbons (Fsp3) is 0.583. The third kappa shape index (κ3) is 3.62. The maximum Gasteiger partial charge on any atom is 0.310 e. The summed E-state index contributed by atoms with van der Waals surface area (Å²) in [6, 6.07) is 0. The van der Waals surface area contributed by atoms with Crippen LogP contribution in [0.2, 0.25) is 8.67 Å². The number of hydrogen-bond acceptors (Lipinski definition) is 5. The second-order valence-electron chi connectivity index (χ2n) is 4.75. The van der Waals surface area contributed by atoms with E-state index in [0.717, 1.165) is 11.3 Å². The minimum atomic E-state index is -3.81. The summed E-state index contributed by atoms with van der Waals surface area (Å²) < 4.78 is 32.5. The fourth-order valence-corrected chi connectivity index (χ4v) is 7.31. The van der Waals surface area contributed by atoms with Gasteiger partial charge in [0.2, 0.25) is 10.0 Å². The first-order valence-electron chi connectivity index (χ1n) is 6.59. The van der Waals surface area contributed by atoms with Gasteiger partial charge in [0, 0.05) is 13.1 Å². The number of ether oxygens (including phenoxy) is 1. The molecule has 1 atom stereocenters. The van der Waals surface area contributed by atoms with Crippen molar-refractivity contribution in [2.75, 3.05) is 19.7 Å². The van der Waals surface area contributed by atoms with Crippen LogP contribution in [0.1, 0.15) is 19.8 Å². The van der Waals surface area contributed by atoms with Crippen molar-refractivity contribution < 1.29 is 17.9 Å². The van der Waals surface area contributed by atoms with Crippen molar-refractivity contribution in [2.24, 2.45) is 5.92 Å². The van der Waals surface area contributed by atoms with Crippen molar-refractivity contribution in [3.05, 3.63) is 13.1 Å². The molecule has 1 unspecified atom stereocenters. The zero-order valence-electron chi connectivity index (χ0n) is 11.6. The van der Waals surface area contributed by atoms with Crippen LogP contribution < -0.4 is 0 Å². The van der Waals surface area contributed by atoms with E-state index in [1.165, 1.54) is 4.31 Å². The SMILES string of the molecule is CCOC(=O)C1CCCN(S(=O)(=O)c2c(Cl)sc(Cl)c2Br)C1. The number of rotatable bonds is 4. The summed E-state index contributed by atoms with van der Waals surface area (Å²) in [5.74, 6) is -0.814. The van der Waals surface area contributed by atoms with E-state index in [-0.39, 0.29) is 37.2 Å². The fourth-order valence-electron chi connectivity index (χ4n) is 2.30. The number of thiophene rings is 1. The number of hydrogen-bond donors (Lipinski definition) is 0. The Bertz CT molecular complexity index is 677. The number of esters is 1. The third-order valence-corrected chi connectivity index (χ3v) is 8.66. The van der Waals surface area contributed by atoms with Gasteiger partial charge in [-0.1, -0.05) is 23.2 Å². The molecule has 0 spiro atoms. The molecule has 0 bridgehead atoms. The Morgan fingerprint density at radius 2 is 2.14 bits per heavy atom. The Balaban J connectivity index is 2.28. The summed E-state index contributed by atoms with van der Waals surface area (Å²) in [6.07, 6.45) is 1.21. The van der Waals surface area contributed by atoms with E-state index in [1.54, 1.807) is 6.92 Å². The first kappa shape index (κ1) is 18.5. The molecule has 10 heteroatoms. The van der Waals surface area contributed by atoms with Crippen molar-refractivity contribution in [1.29, 1.82) is 0 Å². The van der Waals surface area contributed by atoms with Crippen LogP contribution in [0.3, 0.4) is 0 Å². The minimum absolute atomic E-state index is 0.0336. The third-order valence-electron chi connectivity index (χ3n) is 3.33. The monoisotopic (exact) mass is 449 g/mol. The van der Waals surface area contributed by atoms with Gasteiger partial charge in [0.25, 0.3) is 0 Å². The average molecular weight is 451 g/mol. The van der Waals surface area contributed by atoms with Crippen molar-refractivity contribution in [3.63, 3.8) is 0 Å².